The average Bonchev–Trinajstić information content (AvgIpc) is 2.75. The van der Waals surface area contributed by atoms with E-state index in [1.165, 1.54) is 28.1 Å². The zero-order chi connectivity index (χ0) is 15.0. The summed E-state index contributed by atoms with van der Waals surface area (Å²) >= 11 is 0. The number of hydrogen-bond donors (Lipinski definition) is 1. The zero-order valence-electron chi connectivity index (χ0n) is 13.1. The van der Waals surface area contributed by atoms with Gasteiger partial charge in [0, 0.05) is 23.5 Å². The van der Waals surface area contributed by atoms with E-state index in [-0.39, 0.29) is 6.04 Å². The number of rotatable bonds is 3. The summed E-state index contributed by atoms with van der Waals surface area (Å²) in [5, 5.41) is 0. The zero-order valence-corrected chi connectivity index (χ0v) is 13.1. The van der Waals surface area contributed by atoms with Crippen molar-refractivity contribution in [3.63, 3.8) is 0 Å². The third kappa shape index (κ3) is 2.68. The Morgan fingerprint density at radius 3 is 2.71 bits per heavy atom. The number of fused-ring (bicyclic) bond motifs is 1. The molecule has 2 nitrogen and oxygen atoms in total. The summed E-state index contributed by atoms with van der Waals surface area (Å²) < 4.78 is 0. The van der Waals surface area contributed by atoms with Crippen LogP contribution in [0.5, 0.6) is 0 Å². The van der Waals surface area contributed by atoms with E-state index in [0.717, 1.165) is 12.8 Å². The van der Waals surface area contributed by atoms with Crippen LogP contribution in [0.1, 0.15) is 30.5 Å². The quantitative estimate of drug-likeness (QED) is 0.922. The van der Waals surface area contributed by atoms with Crippen molar-refractivity contribution >= 4 is 11.4 Å². The SMILES string of the molecule is Cc1ccc(N2c3ccccc3CC2C)c(CC(C)N)c1. The highest BCUT2D eigenvalue weighted by molar-refractivity contribution is 5.73. The number of benzene rings is 2. The Kier molecular flexibility index (Phi) is 3.73. The molecule has 2 N–H and O–H groups in total. The highest BCUT2D eigenvalue weighted by atomic mass is 15.2. The van der Waals surface area contributed by atoms with Crippen LogP contribution < -0.4 is 10.6 Å². The van der Waals surface area contributed by atoms with Gasteiger partial charge in [0.15, 0.2) is 0 Å². The van der Waals surface area contributed by atoms with E-state index < -0.39 is 0 Å². The maximum Gasteiger partial charge on any atom is 0.0446 e. The number of aryl methyl sites for hydroxylation is 1. The lowest BCUT2D eigenvalue weighted by Gasteiger charge is -2.28. The molecule has 0 fully saturated rings. The van der Waals surface area contributed by atoms with Crippen molar-refractivity contribution in [3.05, 3.63) is 59.2 Å². The molecule has 1 aliphatic heterocycles. The molecular weight excluding hydrogens is 256 g/mol. The van der Waals surface area contributed by atoms with Gasteiger partial charge in [-0.25, -0.2) is 0 Å². The van der Waals surface area contributed by atoms with Crippen molar-refractivity contribution in [1.29, 1.82) is 0 Å². The van der Waals surface area contributed by atoms with E-state index in [4.69, 9.17) is 5.73 Å². The number of nitrogens with two attached hydrogens (primary N) is 1. The minimum atomic E-state index is 0.179. The second-order valence-electron chi connectivity index (χ2n) is 6.37. The van der Waals surface area contributed by atoms with E-state index in [1.54, 1.807) is 0 Å². The Bertz CT molecular complexity index is 646. The first-order valence-corrected chi connectivity index (χ1v) is 7.78. The van der Waals surface area contributed by atoms with Crippen molar-refractivity contribution < 1.29 is 0 Å². The molecule has 0 aliphatic carbocycles. The van der Waals surface area contributed by atoms with Gasteiger partial charge in [0.2, 0.25) is 0 Å². The molecule has 0 saturated carbocycles. The lowest BCUT2D eigenvalue weighted by molar-refractivity contribution is 0.721. The maximum absolute atomic E-state index is 6.05. The minimum absolute atomic E-state index is 0.179. The van der Waals surface area contributed by atoms with E-state index in [2.05, 4.69) is 68.1 Å². The van der Waals surface area contributed by atoms with Gasteiger partial charge in [-0.05, 0) is 56.9 Å². The molecular formula is C19H24N2. The van der Waals surface area contributed by atoms with E-state index >= 15 is 0 Å². The topological polar surface area (TPSA) is 29.3 Å². The van der Waals surface area contributed by atoms with Gasteiger partial charge < -0.3 is 10.6 Å². The van der Waals surface area contributed by atoms with Crippen LogP contribution in [0.4, 0.5) is 11.4 Å². The predicted octanol–water partition coefficient (Wildman–Crippen LogP) is 3.97. The Morgan fingerprint density at radius 1 is 1.19 bits per heavy atom. The molecule has 0 amide bonds. The molecule has 0 spiro atoms. The third-order valence-electron chi connectivity index (χ3n) is 4.24. The fraction of sp³-hybridized carbons (Fsp3) is 0.368. The van der Waals surface area contributed by atoms with Gasteiger partial charge in [0.05, 0.1) is 0 Å². The van der Waals surface area contributed by atoms with Gasteiger partial charge in [-0.15, -0.1) is 0 Å². The summed E-state index contributed by atoms with van der Waals surface area (Å²) in [4.78, 5) is 2.48. The van der Waals surface area contributed by atoms with E-state index in [0.29, 0.717) is 6.04 Å². The van der Waals surface area contributed by atoms with Crippen LogP contribution in [0.25, 0.3) is 0 Å². The molecule has 0 bridgehead atoms. The van der Waals surface area contributed by atoms with Crippen molar-refractivity contribution in [1.82, 2.24) is 0 Å². The number of para-hydroxylation sites is 1. The van der Waals surface area contributed by atoms with Gasteiger partial charge in [0.1, 0.15) is 0 Å². The van der Waals surface area contributed by atoms with Crippen molar-refractivity contribution in [3.8, 4) is 0 Å². The lowest BCUT2D eigenvalue weighted by atomic mass is 10.0. The molecule has 2 aromatic carbocycles. The van der Waals surface area contributed by atoms with Crippen LogP contribution in [-0.4, -0.2) is 12.1 Å². The first-order valence-electron chi connectivity index (χ1n) is 7.78. The summed E-state index contributed by atoms with van der Waals surface area (Å²) in [5.74, 6) is 0. The minimum Gasteiger partial charge on any atom is -0.338 e. The molecule has 0 saturated heterocycles. The van der Waals surface area contributed by atoms with E-state index in [1.807, 2.05) is 0 Å². The van der Waals surface area contributed by atoms with Crippen LogP contribution in [0.3, 0.4) is 0 Å². The summed E-state index contributed by atoms with van der Waals surface area (Å²) in [5.41, 5.74) is 12.8. The summed E-state index contributed by atoms with van der Waals surface area (Å²) in [6.07, 6.45) is 2.03. The molecule has 1 aliphatic rings. The van der Waals surface area contributed by atoms with Gasteiger partial charge in [-0.1, -0.05) is 35.9 Å². The normalized spacial score (nSPS) is 18.7. The molecule has 1 heterocycles. The first kappa shape index (κ1) is 14.2. The molecule has 2 aromatic rings. The third-order valence-corrected chi connectivity index (χ3v) is 4.24. The largest absolute Gasteiger partial charge is 0.338 e. The second kappa shape index (κ2) is 5.53. The Morgan fingerprint density at radius 2 is 1.95 bits per heavy atom. The van der Waals surface area contributed by atoms with Gasteiger partial charge in [-0.3, -0.25) is 0 Å². The van der Waals surface area contributed by atoms with Crippen molar-refractivity contribution in [2.75, 3.05) is 4.90 Å². The fourth-order valence-electron chi connectivity index (χ4n) is 3.39. The molecule has 2 unspecified atom stereocenters. The number of anilines is 2. The van der Waals surface area contributed by atoms with Gasteiger partial charge >= 0.3 is 0 Å². The van der Waals surface area contributed by atoms with Gasteiger partial charge in [0.25, 0.3) is 0 Å². The van der Waals surface area contributed by atoms with Crippen LogP contribution >= 0.6 is 0 Å². The van der Waals surface area contributed by atoms with E-state index in [9.17, 15) is 0 Å². The second-order valence-corrected chi connectivity index (χ2v) is 6.37. The molecule has 0 aromatic heterocycles. The van der Waals surface area contributed by atoms with Crippen molar-refractivity contribution in [2.24, 2.45) is 5.73 Å². The molecule has 2 heteroatoms. The highest BCUT2D eigenvalue weighted by Gasteiger charge is 2.28. The maximum atomic E-state index is 6.05. The molecule has 2 atom stereocenters. The van der Waals surface area contributed by atoms with Gasteiger partial charge in [-0.2, -0.15) is 0 Å². The van der Waals surface area contributed by atoms with Crippen LogP contribution in [0, 0.1) is 6.92 Å². The molecule has 110 valence electrons. The summed E-state index contributed by atoms with van der Waals surface area (Å²) in [6.45, 7) is 6.53. The molecule has 3 rings (SSSR count). The Labute approximate surface area is 127 Å². The highest BCUT2D eigenvalue weighted by Crippen LogP contribution is 2.40. The summed E-state index contributed by atoms with van der Waals surface area (Å²) in [6, 6.07) is 16.2. The predicted molar refractivity (Wildman–Crippen MR) is 90.3 cm³/mol. The fourth-order valence-corrected chi connectivity index (χ4v) is 3.39. The summed E-state index contributed by atoms with van der Waals surface area (Å²) in [7, 11) is 0. The molecule has 21 heavy (non-hydrogen) atoms. The first-order chi connectivity index (χ1) is 10.1. The monoisotopic (exact) mass is 280 g/mol. The molecule has 0 radical (unpaired) electrons. The number of hydrogen-bond acceptors (Lipinski definition) is 2. The average molecular weight is 280 g/mol. The Hall–Kier alpha value is -1.80. The van der Waals surface area contributed by atoms with Crippen LogP contribution in [0.15, 0.2) is 42.5 Å². The lowest BCUT2D eigenvalue weighted by Crippen LogP contribution is -2.26. The standard InChI is InChI=1S/C19H24N2/c1-13-8-9-19(17(10-13)11-14(2)20)21-15(3)12-16-6-4-5-7-18(16)21/h4-10,14-15H,11-12,20H2,1-3H3. The van der Waals surface area contributed by atoms with Crippen LogP contribution in [0.2, 0.25) is 0 Å². The Balaban J connectivity index is 2.08. The smallest absolute Gasteiger partial charge is 0.0446 e. The van der Waals surface area contributed by atoms with Crippen LogP contribution in [-0.2, 0) is 12.8 Å². The van der Waals surface area contributed by atoms with Crippen molar-refractivity contribution in [2.45, 2.75) is 45.7 Å². The number of nitrogens with zero attached hydrogens (tertiary/aromatic N) is 1.